The van der Waals surface area contributed by atoms with Gasteiger partial charge in [0.25, 0.3) is 0 Å². The quantitative estimate of drug-likeness (QED) is 0.576. The van der Waals surface area contributed by atoms with E-state index < -0.39 is 11.0 Å². The summed E-state index contributed by atoms with van der Waals surface area (Å²) in [7, 11) is 0. The first-order chi connectivity index (χ1) is 7.60. The summed E-state index contributed by atoms with van der Waals surface area (Å²) < 4.78 is 5.12. The number of nitro groups is 1. The van der Waals surface area contributed by atoms with Gasteiger partial charge in [0.15, 0.2) is 5.75 Å². The molecular formula is C10H14N2O4. The second kappa shape index (κ2) is 5.43. The van der Waals surface area contributed by atoms with Gasteiger partial charge in [-0.1, -0.05) is 6.07 Å². The Hall–Kier alpha value is -1.66. The van der Waals surface area contributed by atoms with Crippen LogP contribution in [0.4, 0.5) is 5.69 Å². The van der Waals surface area contributed by atoms with E-state index in [4.69, 9.17) is 15.6 Å². The minimum absolute atomic E-state index is 0.136. The molecule has 6 heteroatoms. The van der Waals surface area contributed by atoms with Gasteiger partial charge < -0.3 is 15.6 Å². The van der Waals surface area contributed by atoms with Crippen molar-refractivity contribution in [2.45, 2.75) is 13.0 Å². The molecule has 0 heterocycles. The summed E-state index contributed by atoms with van der Waals surface area (Å²) in [5, 5.41) is 19.6. The lowest BCUT2D eigenvalue weighted by Gasteiger charge is -2.10. The molecule has 0 aliphatic heterocycles. The van der Waals surface area contributed by atoms with Gasteiger partial charge in [0.05, 0.1) is 24.2 Å². The molecule has 0 radical (unpaired) electrons. The van der Waals surface area contributed by atoms with Crippen LogP contribution >= 0.6 is 0 Å². The molecule has 0 saturated carbocycles. The van der Waals surface area contributed by atoms with Crippen molar-refractivity contribution in [1.82, 2.24) is 0 Å². The molecule has 3 N–H and O–H groups in total. The molecule has 0 bridgehead atoms. The Kier molecular flexibility index (Phi) is 4.21. The number of aliphatic hydroxyl groups is 1. The molecule has 0 spiro atoms. The minimum Gasteiger partial charge on any atom is -0.487 e. The molecule has 1 rings (SSSR count). The summed E-state index contributed by atoms with van der Waals surface area (Å²) in [6, 6.07) is 3.81. The van der Waals surface area contributed by atoms with Crippen LogP contribution in [0, 0.1) is 10.1 Å². The van der Waals surface area contributed by atoms with Crippen molar-refractivity contribution >= 4 is 5.69 Å². The first-order valence-corrected chi connectivity index (χ1v) is 4.87. The van der Waals surface area contributed by atoms with Gasteiger partial charge in [-0.3, -0.25) is 10.1 Å². The summed E-state index contributed by atoms with van der Waals surface area (Å²) in [5.74, 6) is 0.210. The fourth-order valence-electron chi connectivity index (χ4n) is 1.29. The predicted octanol–water partition coefficient (Wildman–Crippen LogP) is 0.986. The second-order valence-corrected chi connectivity index (χ2v) is 3.21. The van der Waals surface area contributed by atoms with Crippen LogP contribution in [0.2, 0.25) is 0 Å². The van der Waals surface area contributed by atoms with Crippen molar-refractivity contribution in [3.8, 4) is 5.75 Å². The Morgan fingerprint density at radius 3 is 2.81 bits per heavy atom. The zero-order valence-corrected chi connectivity index (χ0v) is 8.92. The molecule has 0 aliphatic rings. The lowest BCUT2D eigenvalue weighted by atomic mass is 10.1. The number of nitrogens with two attached hydrogens (primary N) is 1. The number of hydrogen-bond donors (Lipinski definition) is 2. The topological polar surface area (TPSA) is 98.6 Å². The highest BCUT2D eigenvalue weighted by atomic mass is 16.6. The maximum Gasteiger partial charge on any atom is 0.311 e. The van der Waals surface area contributed by atoms with E-state index in [0.717, 1.165) is 0 Å². The minimum atomic E-state index is -0.616. The molecule has 0 aromatic heterocycles. The number of hydrogen-bond acceptors (Lipinski definition) is 5. The SMILES string of the molecule is CCOc1ccc(C(N)CO)cc1[N+](=O)[O-]. The van der Waals surface area contributed by atoms with Crippen molar-refractivity contribution < 1.29 is 14.8 Å². The summed E-state index contributed by atoms with van der Waals surface area (Å²) in [4.78, 5) is 10.3. The number of nitro benzene ring substituents is 1. The van der Waals surface area contributed by atoms with E-state index in [0.29, 0.717) is 12.2 Å². The molecule has 0 aliphatic carbocycles. The van der Waals surface area contributed by atoms with Crippen LogP contribution in [0.1, 0.15) is 18.5 Å². The highest BCUT2D eigenvalue weighted by molar-refractivity contribution is 5.49. The van der Waals surface area contributed by atoms with Crippen LogP contribution in [0.5, 0.6) is 5.75 Å². The van der Waals surface area contributed by atoms with E-state index in [1.165, 1.54) is 12.1 Å². The summed E-state index contributed by atoms with van der Waals surface area (Å²) >= 11 is 0. The predicted molar refractivity (Wildman–Crippen MR) is 58.3 cm³/mol. The first kappa shape index (κ1) is 12.4. The van der Waals surface area contributed by atoms with Crippen molar-refractivity contribution in [2.24, 2.45) is 5.73 Å². The molecule has 0 saturated heterocycles. The van der Waals surface area contributed by atoms with Crippen LogP contribution in [0.15, 0.2) is 18.2 Å². The van der Waals surface area contributed by atoms with Crippen molar-refractivity contribution in [2.75, 3.05) is 13.2 Å². The molecule has 6 nitrogen and oxygen atoms in total. The monoisotopic (exact) mass is 226 g/mol. The van der Waals surface area contributed by atoms with Gasteiger partial charge in [0.2, 0.25) is 0 Å². The highest BCUT2D eigenvalue weighted by Crippen LogP contribution is 2.29. The number of benzene rings is 1. The van der Waals surface area contributed by atoms with Crippen LogP contribution in [0.3, 0.4) is 0 Å². The van der Waals surface area contributed by atoms with Crippen molar-refractivity contribution in [3.05, 3.63) is 33.9 Å². The summed E-state index contributed by atoms with van der Waals surface area (Å²) in [6.45, 7) is 1.84. The second-order valence-electron chi connectivity index (χ2n) is 3.21. The molecule has 1 aromatic rings. The van der Waals surface area contributed by atoms with E-state index in [-0.39, 0.29) is 18.0 Å². The standard InChI is InChI=1S/C10H14N2O4/c1-2-16-10-4-3-7(8(11)6-13)5-9(10)12(14)15/h3-5,8,13H,2,6,11H2,1H3. The van der Waals surface area contributed by atoms with Gasteiger partial charge in [0, 0.05) is 6.07 Å². The maximum absolute atomic E-state index is 10.8. The number of rotatable bonds is 5. The van der Waals surface area contributed by atoms with Crippen LogP contribution in [-0.2, 0) is 0 Å². The van der Waals surface area contributed by atoms with Crippen LogP contribution in [-0.4, -0.2) is 23.2 Å². The lowest BCUT2D eigenvalue weighted by molar-refractivity contribution is -0.385. The van der Waals surface area contributed by atoms with Gasteiger partial charge in [0.1, 0.15) is 0 Å². The molecule has 1 atom stereocenters. The zero-order chi connectivity index (χ0) is 12.1. The average molecular weight is 226 g/mol. The number of ether oxygens (including phenoxy) is 1. The molecule has 16 heavy (non-hydrogen) atoms. The number of nitrogens with zero attached hydrogens (tertiary/aromatic N) is 1. The van der Waals surface area contributed by atoms with Crippen LogP contribution < -0.4 is 10.5 Å². The van der Waals surface area contributed by atoms with Gasteiger partial charge >= 0.3 is 5.69 Å². The van der Waals surface area contributed by atoms with E-state index >= 15 is 0 Å². The third kappa shape index (κ3) is 2.68. The molecular weight excluding hydrogens is 212 g/mol. The fourth-order valence-corrected chi connectivity index (χ4v) is 1.29. The third-order valence-electron chi connectivity index (χ3n) is 2.10. The van der Waals surface area contributed by atoms with Gasteiger partial charge in [-0.05, 0) is 18.6 Å². The zero-order valence-electron chi connectivity index (χ0n) is 8.92. The van der Waals surface area contributed by atoms with E-state index in [2.05, 4.69) is 0 Å². The average Bonchev–Trinajstić information content (AvgIpc) is 2.28. The van der Waals surface area contributed by atoms with Crippen molar-refractivity contribution in [3.63, 3.8) is 0 Å². The largest absolute Gasteiger partial charge is 0.487 e. The molecule has 1 unspecified atom stereocenters. The van der Waals surface area contributed by atoms with Crippen LogP contribution in [0.25, 0.3) is 0 Å². The van der Waals surface area contributed by atoms with Gasteiger partial charge in [-0.2, -0.15) is 0 Å². The molecule has 0 amide bonds. The smallest absolute Gasteiger partial charge is 0.311 e. The van der Waals surface area contributed by atoms with E-state index in [1.54, 1.807) is 13.0 Å². The Labute approximate surface area is 92.8 Å². The molecule has 88 valence electrons. The fraction of sp³-hybridized carbons (Fsp3) is 0.400. The summed E-state index contributed by atoms with van der Waals surface area (Å²) in [5.41, 5.74) is 5.95. The van der Waals surface area contributed by atoms with E-state index in [9.17, 15) is 10.1 Å². The molecule has 1 aromatic carbocycles. The Morgan fingerprint density at radius 1 is 1.62 bits per heavy atom. The Bertz CT molecular complexity index is 381. The van der Waals surface area contributed by atoms with Gasteiger partial charge in [-0.25, -0.2) is 0 Å². The Morgan fingerprint density at radius 2 is 2.31 bits per heavy atom. The summed E-state index contributed by atoms with van der Waals surface area (Å²) in [6.07, 6.45) is 0. The lowest BCUT2D eigenvalue weighted by Crippen LogP contribution is -2.14. The maximum atomic E-state index is 10.8. The first-order valence-electron chi connectivity index (χ1n) is 4.87. The molecule has 0 fully saturated rings. The highest BCUT2D eigenvalue weighted by Gasteiger charge is 2.17. The van der Waals surface area contributed by atoms with Crippen molar-refractivity contribution in [1.29, 1.82) is 0 Å². The third-order valence-corrected chi connectivity index (χ3v) is 2.10. The normalized spacial score (nSPS) is 12.2. The Balaban J connectivity index is 3.12. The van der Waals surface area contributed by atoms with E-state index in [1.807, 2.05) is 0 Å². The van der Waals surface area contributed by atoms with Gasteiger partial charge in [-0.15, -0.1) is 0 Å². The number of aliphatic hydroxyl groups excluding tert-OH is 1.